The molecule has 156 valence electrons. The fraction of sp³-hybridized carbons (Fsp3) is 0.375. The smallest absolute Gasteiger partial charge is 0.227 e. The van der Waals surface area contributed by atoms with Crippen molar-refractivity contribution in [2.75, 3.05) is 25.0 Å². The molecule has 2 aromatic carbocycles. The average Bonchev–Trinajstić information content (AvgIpc) is 3.45. The van der Waals surface area contributed by atoms with E-state index >= 15 is 0 Å². The van der Waals surface area contributed by atoms with Crippen molar-refractivity contribution in [3.05, 3.63) is 65.5 Å². The minimum Gasteiger partial charge on any atom is -0.371 e. The Hall–Kier alpha value is -3.15. The van der Waals surface area contributed by atoms with Gasteiger partial charge in [0.05, 0.1) is 0 Å². The van der Waals surface area contributed by atoms with Gasteiger partial charge in [-0.05, 0) is 31.4 Å². The number of rotatable bonds is 7. The number of anilines is 1. The molecule has 1 aliphatic heterocycles. The molecule has 6 heteroatoms. The first-order chi connectivity index (χ1) is 14.6. The number of benzene rings is 2. The van der Waals surface area contributed by atoms with Crippen LogP contribution < -0.4 is 4.90 Å². The first-order valence-electron chi connectivity index (χ1n) is 10.6. The van der Waals surface area contributed by atoms with Gasteiger partial charge in [-0.15, -0.1) is 0 Å². The second-order valence-corrected chi connectivity index (χ2v) is 7.95. The first-order valence-corrected chi connectivity index (χ1v) is 10.6. The lowest BCUT2D eigenvalue weighted by Gasteiger charge is -2.24. The third-order valence-corrected chi connectivity index (χ3v) is 5.60. The van der Waals surface area contributed by atoms with Gasteiger partial charge < -0.3 is 14.3 Å². The van der Waals surface area contributed by atoms with Crippen molar-refractivity contribution < 1.29 is 9.32 Å². The third-order valence-electron chi connectivity index (χ3n) is 5.60. The van der Waals surface area contributed by atoms with Crippen LogP contribution in [0.25, 0.3) is 11.4 Å². The summed E-state index contributed by atoms with van der Waals surface area (Å²) in [5, 5.41) is 4.05. The van der Waals surface area contributed by atoms with Gasteiger partial charge in [0, 0.05) is 50.8 Å². The van der Waals surface area contributed by atoms with Crippen LogP contribution in [-0.2, 0) is 17.8 Å². The molecule has 0 spiro atoms. The van der Waals surface area contributed by atoms with E-state index in [9.17, 15) is 4.79 Å². The van der Waals surface area contributed by atoms with E-state index in [1.54, 1.807) is 4.90 Å². The van der Waals surface area contributed by atoms with Crippen LogP contribution in [0.1, 0.15) is 36.3 Å². The van der Waals surface area contributed by atoms with Crippen molar-refractivity contribution in [2.24, 2.45) is 0 Å². The minimum absolute atomic E-state index is 0.0707. The molecule has 0 saturated carbocycles. The van der Waals surface area contributed by atoms with E-state index in [-0.39, 0.29) is 5.91 Å². The van der Waals surface area contributed by atoms with Crippen LogP contribution in [0.5, 0.6) is 0 Å². The average molecular weight is 405 g/mol. The topological polar surface area (TPSA) is 62.5 Å². The second-order valence-electron chi connectivity index (χ2n) is 7.95. The summed E-state index contributed by atoms with van der Waals surface area (Å²) >= 11 is 0. The summed E-state index contributed by atoms with van der Waals surface area (Å²) in [5.74, 6) is 1.12. The molecule has 0 unspecified atom stereocenters. The molecule has 6 nitrogen and oxygen atoms in total. The summed E-state index contributed by atoms with van der Waals surface area (Å²) in [5.41, 5.74) is 4.53. The summed E-state index contributed by atoms with van der Waals surface area (Å²) in [7, 11) is 1.86. The minimum atomic E-state index is 0.0707. The fourth-order valence-electron chi connectivity index (χ4n) is 3.84. The molecule has 1 amide bonds. The van der Waals surface area contributed by atoms with Crippen molar-refractivity contribution >= 4 is 11.6 Å². The Kier molecular flexibility index (Phi) is 6.12. The summed E-state index contributed by atoms with van der Waals surface area (Å²) in [6.45, 7) is 4.82. The summed E-state index contributed by atoms with van der Waals surface area (Å²) in [6, 6.07) is 16.4. The van der Waals surface area contributed by atoms with E-state index in [4.69, 9.17) is 4.52 Å². The maximum atomic E-state index is 12.7. The molecule has 1 aliphatic rings. The van der Waals surface area contributed by atoms with Crippen LogP contribution in [0.3, 0.4) is 0 Å². The highest BCUT2D eigenvalue weighted by Gasteiger charge is 2.18. The molecule has 30 heavy (non-hydrogen) atoms. The summed E-state index contributed by atoms with van der Waals surface area (Å²) in [6.07, 6.45) is 3.25. The zero-order valence-electron chi connectivity index (χ0n) is 17.7. The number of para-hydroxylation sites is 1. The summed E-state index contributed by atoms with van der Waals surface area (Å²) < 4.78 is 5.35. The summed E-state index contributed by atoms with van der Waals surface area (Å²) in [4.78, 5) is 21.3. The number of hydrogen-bond acceptors (Lipinski definition) is 5. The Morgan fingerprint density at radius 2 is 1.83 bits per heavy atom. The van der Waals surface area contributed by atoms with Gasteiger partial charge in [0.2, 0.25) is 17.6 Å². The molecule has 2 heterocycles. The van der Waals surface area contributed by atoms with Crippen molar-refractivity contribution in [3.63, 3.8) is 0 Å². The molecule has 0 atom stereocenters. The number of aryl methyl sites for hydroxylation is 2. The molecule has 1 fully saturated rings. The molecular weight excluding hydrogens is 376 g/mol. The fourth-order valence-corrected chi connectivity index (χ4v) is 3.84. The van der Waals surface area contributed by atoms with Gasteiger partial charge in [0.1, 0.15) is 0 Å². The predicted molar refractivity (Wildman–Crippen MR) is 117 cm³/mol. The lowest BCUT2D eigenvalue weighted by molar-refractivity contribution is -0.130. The zero-order valence-corrected chi connectivity index (χ0v) is 17.7. The predicted octanol–water partition coefficient (Wildman–Crippen LogP) is 4.24. The lowest BCUT2D eigenvalue weighted by atomic mass is 10.1. The van der Waals surface area contributed by atoms with E-state index in [1.165, 1.54) is 29.7 Å². The van der Waals surface area contributed by atoms with Crippen LogP contribution in [0.2, 0.25) is 0 Å². The van der Waals surface area contributed by atoms with Crippen LogP contribution in [0, 0.1) is 6.92 Å². The van der Waals surface area contributed by atoms with Crippen molar-refractivity contribution in [1.29, 1.82) is 0 Å². The molecule has 0 radical (unpaired) electrons. The highest BCUT2D eigenvalue weighted by molar-refractivity contribution is 5.76. The van der Waals surface area contributed by atoms with Gasteiger partial charge >= 0.3 is 0 Å². The highest BCUT2D eigenvalue weighted by atomic mass is 16.5. The molecule has 1 aromatic heterocycles. The van der Waals surface area contributed by atoms with Crippen LogP contribution in [-0.4, -0.2) is 41.1 Å². The quantitative estimate of drug-likeness (QED) is 0.589. The maximum Gasteiger partial charge on any atom is 0.227 e. The van der Waals surface area contributed by atoms with Crippen molar-refractivity contribution in [3.8, 4) is 11.4 Å². The lowest BCUT2D eigenvalue weighted by Crippen LogP contribution is -2.28. The van der Waals surface area contributed by atoms with E-state index < -0.39 is 0 Å². The normalized spacial score (nSPS) is 13.6. The van der Waals surface area contributed by atoms with Gasteiger partial charge in [0.15, 0.2) is 0 Å². The number of hydrogen-bond donors (Lipinski definition) is 0. The van der Waals surface area contributed by atoms with E-state index in [2.05, 4.69) is 33.2 Å². The molecule has 3 aromatic rings. The van der Waals surface area contributed by atoms with Crippen LogP contribution in [0.15, 0.2) is 53.1 Å². The third kappa shape index (κ3) is 4.70. The molecule has 1 saturated heterocycles. The van der Waals surface area contributed by atoms with Gasteiger partial charge in [-0.2, -0.15) is 4.98 Å². The van der Waals surface area contributed by atoms with Gasteiger partial charge in [-0.25, -0.2) is 0 Å². The number of nitrogens with zero attached hydrogens (tertiary/aromatic N) is 4. The Morgan fingerprint density at radius 1 is 1.10 bits per heavy atom. The maximum absolute atomic E-state index is 12.7. The van der Waals surface area contributed by atoms with E-state index in [1.807, 2.05) is 44.3 Å². The number of carbonyl (C=O) groups is 1. The Bertz CT molecular complexity index is 990. The van der Waals surface area contributed by atoms with Crippen LogP contribution >= 0.6 is 0 Å². The van der Waals surface area contributed by atoms with Crippen LogP contribution in [0.4, 0.5) is 5.69 Å². The van der Waals surface area contributed by atoms with Crippen molar-refractivity contribution in [1.82, 2.24) is 15.0 Å². The largest absolute Gasteiger partial charge is 0.371 e. The Balaban J connectivity index is 1.34. The molecule has 4 rings (SSSR count). The Labute approximate surface area is 177 Å². The molecular formula is C24H28N4O2. The molecule has 0 aliphatic carbocycles. The van der Waals surface area contributed by atoms with Gasteiger partial charge in [-0.1, -0.05) is 53.2 Å². The number of carbonyl (C=O) groups excluding carboxylic acids is 1. The van der Waals surface area contributed by atoms with Crippen molar-refractivity contribution in [2.45, 2.75) is 39.2 Å². The van der Waals surface area contributed by atoms with Gasteiger partial charge in [-0.3, -0.25) is 4.79 Å². The molecule has 0 bridgehead atoms. The van der Waals surface area contributed by atoms with Gasteiger partial charge in [0.25, 0.3) is 0 Å². The zero-order chi connectivity index (χ0) is 20.9. The van der Waals surface area contributed by atoms with E-state index in [0.29, 0.717) is 31.1 Å². The molecule has 0 N–H and O–H groups in total. The standard InChI is InChI=1S/C24H28N4O2/c1-18-9-11-19(12-10-18)24-25-22(30-26-24)13-14-23(29)27(2)17-20-7-3-4-8-21(20)28-15-5-6-16-28/h3-4,7-12H,5-6,13-17H2,1-2H3. The number of aromatic nitrogens is 2. The highest BCUT2D eigenvalue weighted by Crippen LogP contribution is 2.25. The van der Waals surface area contributed by atoms with E-state index in [0.717, 1.165) is 18.7 Å². The SMILES string of the molecule is Cc1ccc(-c2noc(CCC(=O)N(C)Cc3ccccc3N3CCCC3)n2)cc1. The second kappa shape index (κ2) is 9.11. The first kappa shape index (κ1) is 20.1. The number of amides is 1. The monoisotopic (exact) mass is 404 g/mol. The Morgan fingerprint density at radius 3 is 2.60 bits per heavy atom.